The number of rotatable bonds is 3. The summed E-state index contributed by atoms with van der Waals surface area (Å²) in [5.41, 5.74) is 2.82. The number of furan rings is 1. The van der Waals surface area contributed by atoms with E-state index in [0.717, 1.165) is 56.0 Å². The Morgan fingerprint density at radius 1 is 1.03 bits per heavy atom. The van der Waals surface area contributed by atoms with Crippen LogP contribution in [0.4, 0.5) is 0 Å². The fourth-order valence-corrected chi connectivity index (χ4v) is 6.11. The van der Waals surface area contributed by atoms with Gasteiger partial charge in [-0.05, 0) is 36.8 Å². The number of nitrogens with one attached hydrogen (secondary N) is 1. The summed E-state index contributed by atoms with van der Waals surface area (Å²) in [4.78, 5) is 18.6. The van der Waals surface area contributed by atoms with Crippen molar-refractivity contribution in [3.8, 4) is 0 Å². The summed E-state index contributed by atoms with van der Waals surface area (Å²) in [6.07, 6.45) is 0. The van der Waals surface area contributed by atoms with Crippen molar-refractivity contribution < 1.29 is 9.21 Å². The van der Waals surface area contributed by atoms with E-state index in [4.69, 9.17) is 4.42 Å². The number of fused-ring (bicyclic) bond motifs is 2. The predicted molar refractivity (Wildman–Crippen MR) is 117 cm³/mol. The highest BCUT2D eigenvalue weighted by Crippen LogP contribution is 2.43. The third-order valence-electron chi connectivity index (χ3n) is 7.33. The zero-order valence-corrected chi connectivity index (χ0v) is 17.3. The van der Waals surface area contributed by atoms with E-state index in [2.05, 4.69) is 45.4 Å². The maximum Gasteiger partial charge on any atom is 0.251 e. The molecule has 4 aliphatic rings. The van der Waals surface area contributed by atoms with Crippen molar-refractivity contribution in [1.29, 1.82) is 0 Å². The Bertz CT molecular complexity index is 1090. The van der Waals surface area contributed by atoms with Crippen molar-refractivity contribution in [2.45, 2.75) is 18.4 Å². The summed E-state index contributed by atoms with van der Waals surface area (Å²) in [5.74, 6) is 1.33. The molecule has 4 bridgehead atoms. The lowest BCUT2D eigenvalue weighted by molar-refractivity contribution is 0.0180. The maximum atomic E-state index is 13.4. The molecule has 0 radical (unpaired) electrons. The van der Waals surface area contributed by atoms with Crippen molar-refractivity contribution in [2.75, 3.05) is 39.3 Å². The van der Waals surface area contributed by atoms with E-state index in [1.165, 1.54) is 5.56 Å². The van der Waals surface area contributed by atoms with Gasteiger partial charge in [0.2, 0.25) is 0 Å². The molecule has 30 heavy (non-hydrogen) atoms. The highest BCUT2D eigenvalue weighted by atomic mass is 16.3. The number of piperidine rings is 2. The zero-order chi connectivity index (χ0) is 20.3. The Balaban J connectivity index is 1.37. The van der Waals surface area contributed by atoms with Crippen molar-refractivity contribution in [3.05, 3.63) is 71.5 Å². The van der Waals surface area contributed by atoms with E-state index in [1.807, 2.05) is 31.2 Å². The van der Waals surface area contributed by atoms with Gasteiger partial charge in [-0.3, -0.25) is 4.79 Å². The Kier molecular flexibility index (Phi) is 4.05. The average Bonchev–Trinajstić information content (AvgIpc) is 2.94. The number of nitrogens with zero attached hydrogens (tertiary/aromatic N) is 2. The molecular formula is C25H27N3O2. The molecule has 2 aromatic carbocycles. The fraction of sp³-hybridized carbons (Fsp3) is 0.400. The van der Waals surface area contributed by atoms with Crippen LogP contribution in [-0.2, 0) is 5.41 Å². The first-order chi connectivity index (χ1) is 14.6. The molecule has 154 valence electrons. The van der Waals surface area contributed by atoms with E-state index in [9.17, 15) is 4.79 Å². The summed E-state index contributed by atoms with van der Waals surface area (Å²) in [7, 11) is 0. The molecule has 7 rings (SSSR count). The molecule has 5 heterocycles. The quantitative estimate of drug-likeness (QED) is 0.733. The van der Waals surface area contributed by atoms with Gasteiger partial charge in [-0.1, -0.05) is 30.3 Å². The molecule has 0 saturated carbocycles. The molecule has 4 saturated heterocycles. The Morgan fingerprint density at radius 3 is 2.50 bits per heavy atom. The number of carbonyl (C=O) groups excluding carboxylic acids is 1. The first-order valence-electron chi connectivity index (χ1n) is 10.9. The van der Waals surface area contributed by atoms with Gasteiger partial charge in [0.05, 0.1) is 0 Å². The maximum absolute atomic E-state index is 13.4. The van der Waals surface area contributed by atoms with Crippen molar-refractivity contribution >= 4 is 16.9 Å². The largest absolute Gasteiger partial charge is 0.461 e. The highest BCUT2D eigenvalue weighted by Gasteiger charge is 2.55. The van der Waals surface area contributed by atoms with Gasteiger partial charge < -0.3 is 19.5 Å². The van der Waals surface area contributed by atoms with Crippen LogP contribution in [0.5, 0.6) is 0 Å². The molecule has 2 unspecified atom stereocenters. The normalized spacial score (nSPS) is 32.3. The van der Waals surface area contributed by atoms with Crippen LogP contribution < -0.4 is 5.32 Å². The van der Waals surface area contributed by atoms with Gasteiger partial charge in [-0.2, -0.15) is 0 Å². The Hall–Kier alpha value is -2.63. The topological polar surface area (TPSA) is 48.7 Å². The van der Waals surface area contributed by atoms with Gasteiger partial charge in [0.1, 0.15) is 11.3 Å². The van der Waals surface area contributed by atoms with Crippen molar-refractivity contribution in [1.82, 2.24) is 15.1 Å². The standard InChI is InChI=1S/C25H27N3O2/c1-17-11-19-12-18(7-8-22(19)30-17)24(29)26-23-20-13-27-9-10-28(14-20)16-25(23,15-27)21-5-3-2-4-6-21/h2-8,11-12,20,23H,9-10,13-16H2,1H3,(H,26,29)/t20?,23-,25?/m0/s1. The van der Waals surface area contributed by atoms with Gasteiger partial charge in [0.25, 0.3) is 5.91 Å². The molecule has 1 aromatic heterocycles. The Labute approximate surface area is 176 Å². The molecule has 4 aliphatic heterocycles. The molecule has 3 aromatic rings. The monoisotopic (exact) mass is 401 g/mol. The van der Waals surface area contributed by atoms with E-state index < -0.39 is 0 Å². The summed E-state index contributed by atoms with van der Waals surface area (Å²) in [5, 5.41) is 4.48. The predicted octanol–water partition coefficient (Wildman–Crippen LogP) is 3.04. The second-order valence-corrected chi connectivity index (χ2v) is 9.31. The minimum absolute atomic E-state index is 0.0206. The molecule has 4 fully saturated rings. The van der Waals surface area contributed by atoms with Crippen LogP contribution >= 0.6 is 0 Å². The minimum Gasteiger partial charge on any atom is -0.461 e. The fourth-order valence-electron chi connectivity index (χ4n) is 6.11. The van der Waals surface area contributed by atoms with Crippen molar-refractivity contribution in [2.24, 2.45) is 5.92 Å². The van der Waals surface area contributed by atoms with E-state index in [-0.39, 0.29) is 17.4 Å². The number of carbonyl (C=O) groups is 1. The third-order valence-corrected chi connectivity index (χ3v) is 7.33. The van der Waals surface area contributed by atoms with Gasteiger partial charge in [-0.15, -0.1) is 0 Å². The molecule has 0 spiro atoms. The summed E-state index contributed by atoms with van der Waals surface area (Å²) < 4.78 is 5.67. The second kappa shape index (κ2) is 6.69. The van der Waals surface area contributed by atoms with Crippen LogP contribution in [0.1, 0.15) is 21.7 Å². The summed E-state index contributed by atoms with van der Waals surface area (Å²) in [6.45, 7) is 8.34. The molecule has 1 amide bonds. The van der Waals surface area contributed by atoms with E-state index >= 15 is 0 Å². The molecule has 3 atom stereocenters. The minimum atomic E-state index is -0.0646. The molecule has 0 aliphatic carbocycles. The number of benzene rings is 2. The number of aryl methyl sites for hydroxylation is 1. The highest BCUT2D eigenvalue weighted by molar-refractivity contribution is 5.98. The first-order valence-corrected chi connectivity index (χ1v) is 10.9. The van der Waals surface area contributed by atoms with Gasteiger partial charge >= 0.3 is 0 Å². The first kappa shape index (κ1) is 18.2. The van der Waals surface area contributed by atoms with Gasteiger partial charge in [0.15, 0.2) is 0 Å². The molecular weight excluding hydrogens is 374 g/mol. The van der Waals surface area contributed by atoms with Crippen LogP contribution in [0, 0.1) is 12.8 Å². The SMILES string of the molecule is Cc1cc2cc(C(=O)N[C@H]3C4CN5CCN(C4)CC3(c3ccccc3)C5)ccc2o1. The zero-order valence-electron chi connectivity index (χ0n) is 17.3. The number of hydrogen-bond donors (Lipinski definition) is 1. The summed E-state index contributed by atoms with van der Waals surface area (Å²) in [6, 6.07) is 18.7. The molecule has 5 nitrogen and oxygen atoms in total. The van der Waals surface area contributed by atoms with Crippen molar-refractivity contribution in [3.63, 3.8) is 0 Å². The smallest absolute Gasteiger partial charge is 0.251 e. The number of amides is 1. The third kappa shape index (κ3) is 2.80. The lowest BCUT2D eigenvalue weighted by Gasteiger charge is -2.55. The van der Waals surface area contributed by atoms with Gasteiger partial charge in [0, 0.05) is 67.6 Å². The van der Waals surface area contributed by atoms with Crippen LogP contribution in [0.2, 0.25) is 0 Å². The summed E-state index contributed by atoms with van der Waals surface area (Å²) >= 11 is 0. The second-order valence-electron chi connectivity index (χ2n) is 9.31. The number of hydrogen-bond acceptors (Lipinski definition) is 4. The van der Waals surface area contributed by atoms with Crippen LogP contribution in [-0.4, -0.2) is 61.0 Å². The van der Waals surface area contributed by atoms with E-state index in [1.54, 1.807) is 0 Å². The van der Waals surface area contributed by atoms with Crippen LogP contribution in [0.15, 0.2) is 59.0 Å². The Morgan fingerprint density at radius 2 is 1.77 bits per heavy atom. The van der Waals surface area contributed by atoms with E-state index in [0.29, 0.717) is 11.5 Å². The lowest BCUT2D eigenvalue weighted by atomic mass is 9.64. The lowest BCUT2D eigenvalue weighted by Crippen LogP contribution is -2.70. The average molecular weight is 402 g/mol. The van der Waals surface area contributed by atoms with Gasteiger partial charge in [-0.25, -0.2) is 0 Å². The molecule has 1 N–H and O–H groups in total. The van der Waals surface area contributed by atoms with Crippen LogP contribution in [0.25, 0.3) is 11.0 Å². The van der Waals surface area contributed by atoms with Crippen LogP contribution in [0.3, 0.4) is 0 Å². The molecule has 5 heteroatoms.